The molecule has 1 heterocycles. The number of benzene rings is 1. The first-order chi connectivity index (χ1) is 8.00. The topological polar surface area (TPSA) is 98.0 Å². The maximum absolute atomic E-state index is 11.0. The number of amides is 1. The summed E-state index contributed by atoms with van der Waals surface area (Å²) in [5.74, 6) is -0.424. The third-order valence-electron chi connectivity index (χ3n) is 1.96. The molecule has 7 nitrogen and oxygen atoms in total. The molecule has 17 heavy (non-hydrogen) atoms. The van der Waals surface area contributed by atoms with E-state index in [0.717, 1.165) is 11.7 Å². The normalized spacial score (nSPS) is 10.5. The predicted octanol–water partition coefficient (Wildman–Crippen LogP) is 2.21. The van der Waals surface area contributed by atoms with Gasteiger partial charge in [0.2, 0.25) is 5.91 Å². The molecule has 0 unspecified atom stereocenters. The standard InChI is InChI=1S/C8H5ClN4O3S/c1-3(14)10-5-2-4(9)6-7(12-17-11-6)8(5)13(15)16/h2H,1H3,(H,10,14). The lowest BCUT2D eigenvalue weighted by atomic mass is 10.2. The van der Waals surface area contributed by atoms with Gasteiger partial charge in [-0.15, -0.1) is 0 Å². The van der Waals surface area contributed by atoms with Gasteiger partial charge >= 0.3 is 5.69 Å². The predicted molar refractivity (Wildman–Crippen MR) is 63.4 cm³/mol. The number of hydrogen-bond acceptors (Lipinski definition) is 6. The highest BCUT2D eigenvalue weighted by Gasteiger charge is 2.24. The Kier molecular flexibility index (Phi) is 2.90. The lowest BCUT2D eigenvalue weighted by Crippen LogP contribution is -2.08. The fraction of sp³-hybridized carbons (Fsp3) is 0.125. The fourth-order valence-corrected chi connectivity index (χ4v) is 2.21. The molecule has 0 saturated carbocycles. The number of anilines is 1. The van der Waals surface area contributed by atoms with Crippen molar-refractivity contribution >= 4 is 51.6 Å². The number of nitrogens with one attached hydrogen (secondary N) is 1. The number of halogens is 1. The number of carbonyl (C=O) groups excluding carboxylic acids is 1. The second-order valence-electron chi connectivity index (χ2n) is 3.15. The molecule has 0 atom stereocenters. The van der Waals surface area contributed by atoms with Crippen LogP contribution in [0.4, 0.5) is 11.4 Å². The highest BCUT2D eigenvalue weighted by molar-refractivity contribution is 7.00. The van der Waals surface area contributed by atoms with Crippen molar-refractivity contribution in [2.45, 2.75) is 6.92 Å². The Morgan fingerprint density at radius 3 is 2.76 bits per heavy atom. The van der Waals surface area contributed by atoms with Crippen molar-refractivity contribution in [1.82, 2.24) is 8.75 Å². The molecule has 0 saturated heterocycles. The molecule has 0 aliphatic heterocycles. The van der Waals surface area contributed by atoms with Crippen LogP contribution in [-0.4, -0.2) is 19.6 Å². The van der Waals surface area contributed by atoms with E-state index in [2.05, 4.69) is 14.1 Å². The van der Waals surface area contributed by atoms with Gasteiger partial charge in [-0.3, -0.25) is 14.9 Å². The Hall–Kier alpha value is -1.80. The van der Waals surface area contributed by atoms with Crippen LogP contribution >= 0.6 is 23.3 Å². The number of nitro benzene ring substituents is 1. The van der Waals surface area contributed by atoms with Crippen molar-refractivity contribution < 1.29 is 9.72 Å². The van der Waals surface area contributed by atoms with Crippen LogP contribution in [0.1, 0.15) is 6.92 Å². The smallest absolute Gasteiger partial charge is 0.321 e. The van der Waals surface area contributed by atoms with Crippen LogP contribution in [0.25, 0.3) is 11.0 Å². The van der Waals surface area contributed by atoms with Crippen molar-refractivity contribution in [1.29, 1.82) is 0 Å². The minimum atomic E-state index is -0.620. The van der Waals surface area contributed by atoms with Crippen LogP contribution in [-0.2, 0) is 4.79 Å². The molecule has 0 fully saturated rings. The summed E-state index contributed by atoms with van der Waals surface area (Å²) < 4.78 is 7.68. The van der Waals surface area contributed by atoms with E-state index in [1.165, 1.54) is 13.0 Å². The zero-order valence-corrected chi connectivity index (χ0v) is 10.0. The minimum absolute atomic E-state index is 0.0210. The summed E-state index contributed by atoms with van der Waals surface area (Å²) in [5, 5.41) is 13.5. The number of carbonyl (C=O) groups is 1. The Balaban J connectivity index is 2.77. The highest BCUT2D eigenvalue weighted by atomic mass is 35.5. The first-order valence-corrected chi connectivity index (χ1v) is 5.48. The van der Waals surface area contributed by atoms with E-state index in [4.69, 9.17) is 11.6 Å². The Morgan fingerprint density at radius 1 is 1.53 bits per heavy atom. The van der Waals surface area contributed by atoms with Crippen LogP contribution in [0.2, 0.25) is 5.02 Å². The quantitative estimate of drug-likeness (QED) is 0.667. The van der Waals surface area contributed by atoms with E-state index in [0.29, 0.717) is 0 Å². The SMILES string of the molecule is CC(=O)Nc1cc(Cl)c2nsnc2c1[N+](=O)[O-]. The zero-order valence-electron chi connectivity index (χ0n) is 8.43. The van der Waals surface area contributed by atoms with E-state index < -0.39 is 10.8 Å². The average molecular weight is 273 g/mol. The van der Waals surface area contributed by atoms with Crippen molar-refractivity contribution in [2.24, 2.45) is 0 Å². The lowest BCUT2D eigenvalue weighted by molar-refractivity contribution is -0.382. The maximum atomic E-state index is 11.0. The maximum Gasteiger partial charge on any atom is 0.321 e. The summed E-state index contributed by atoms with van der Waals surface area (Å²) in [5.41, 5.74) is 0.0646. The molecule has 1 amide bonds. The molecule has 2 aromatic rings. The van der Waals surface area contributed by atoms with Crippen molar-refractivity contribution in [3.8, 4) is 0 Å². The molecule has 1 aromatic carbocycles. The Labute approximate surface area is 104 Å². The van der Waals surface area contributed by atoms with Gasteiger partial charge in [-0.2, -0.15) is 8.75 Å². The van der Waals surface area contributed by atoms with Crippen molar-refractivity contribution in [2.75, 3.05) is 5.32 Å². The molecular weight excluding hydrogens is 268 g/mol. The molecule has 88 valence electrons. The first-order valence-electron chi connectivity index (χ1n) is 4.37. The number of hydrogen-bond donors (Lipinski definition) is 1. The van der Waals surface area contributed by atoms with Crippen molar-refractivity contribution in [3.05, 3.63) is 21.2 Å². The molecule has 0 aliphatic rings. The molecule has 0 spiro atoms. The number of fused-ring (bicyclic) bond motifs is 1. The van der Waals surface area contributed by atoms with Gasteiger partial charge in [0, 0.05) is 6.92 Å². The van der Waals surface area contributed by atoms with Crippen LogP contribution in [0, 0.1) is 10.1 Å². The van der Waals surface area contributed by atoms with Gasteiger partial charge < -0.3 is 5.32 Å². The summed E-state index contributed by atoms with van der Waals surface area (Å²) in [6, 6.07) is 1.30. The zero-order chi connectivity index (χ0) is 12.6. The molecule has 1 aromatic heterocycles. The molecule has 1 N–H and O–H groups in total. The molecule has 0 aliphatic carbocycles. The third-order valence-corrected chi connectivity index (χ3v) is 2.78. The summed E-state index contributed by atoms with van der Waals surface area (Å²) in [6.07, 6.45) is 0. The average Bonchev–Trinajstić information content (AvgIpc) is 2.64. The summed E-state index contributed by atoms with van der Waals surface area (Å²) in [4.78, 5) is 21.3. The summed E-state index contributed by atoms with van der Waals surface area (Å²) in [7, 11) is 0. The summed E-state index contributed by atoms with van der Waals surface area (Å²) >= 11 is 6.72. The van der Waals surface area contributed by atoms with Crippen LogP contribution in [0.5, 0.6) is 0 Å². The van der Waals surface area contributed by atoms with E-state index in [-0.39, 0.29) is 27.4 Å². The monoisotopic (exact) mass is 272 g/mol. The second kappa shape index (κ2) is 4.22. The number of nitrogens with zero attached hydrogens (tertiary/aromatic N) is 3. The lowest BCUT2D eigenvalue weighted by Gasteiger charge is -2.04. The Bertz CT molecular complexity index is 627. The van der Waals surface area contributed by atoms with Crippen molar-refractivity contribution in [3.63, 3.8) is 0 Å². The summed E-state index contributed by atoms with van der Waals surface area (Å²) in [6.45, 7) is 1.25. The van der Waals surface area contributed by atoms with Gasteiger partial charge in [-0.25, -0.2) is 0 Å². The van der Waals surface area contributed by atoms with E-state index in [9.17, 15) is 14.9 Å². The molecule has 2 rings (SSSR count). The number of nitro groups is 1. The Morgan fingerprint density at radius 2 is 2.18 bits per heavy atom. The van der Waals surface area contributed by atoms with Gasteiger partial charge in [-0.1, -0.05) is 11.6 Å². The largest absolute Gasteiger partial charge is 0.321 e. The molecular formula is C8H5ClN4O3S. The first kappa shape index (κ1) is 11.7. The van der Waals surface area contributed by atoms with Gasteiger partial charge in [-0.05, 0) is 6.07 Å². The fourth-order valence-electron chi connectivity index (χ4n) is 1.36. The van der Waals surface area contributed by atoms with E-state index in [1.54, 1.807) is 0 Å². The molecule has 9 heteroatoms. The second-order valence-corrected chi connectivity index (χ2v) is 4.09. The molecule has 0 bridgehead atoms. The van der Waals surface area contributed by atoms with Gasteiger partial charge in [0.15, 0.2) is 5.52 Å². The van der Waals surface area contributed by atoms with Crippen LogP contribution < -0.4 is 5.32 Å². The highest BCUT2D eigenvalue weighted by Crippen LogP contribution is 2.36. The number of rotatable bonds is 2. The van der Waals surface area contributed by atoms with Gasteiger partial charge in [0.05, 0.1) is 21.7 Å². The van der Waals surface area contributed by atoms with E-state index >= 15 is 0 Å². The van der Waals surface area contributed by atoms with Gasteiger partial charge in [0.1, 0.15) is 11.2 Å². The third kappa shape index (κ3) is 2.04. The molecule has 0 radical (unpaired) electrons. The van der Waals surface area contributed by atoms with Gasteiger partial charge in [0.25, 0.3) is 0 Å². The number of aromatic nitrogens is 2. The van der Waals surface area contributed by atoms with Crippen LogP contribution in [0.3, 0.4) is 0 Å². The van der Waals surface area contributed by atoms with Crippen LogP contribution in [0.15, 0.2) is 6.07 Å². The van der Waals surface area contributed by atoms with E-state index in [1.807, 2.05) is 0 Å². The minimum Gasteiger partial charge on any atom is -0.321 e.